The molecule has 1 aromatic carbocycles. The molecule has 0 atom stereocenters. The molecule has 106 valence electrons. The van der Waals surface area contributed by atoms with E-state index in [-0.39, 0.29) is 12.3 Å². The van der Waals surface area contributed by atoms with Crippen molar-refractivity contribution in [2.24, 2.45) is 0 Å². The number of H-pyrrole nitrogens is 1. The van der Waals surface area contributed by atoms with Crippen molar-refractivity contribution in [1.29, 1.82) is 0 Å². The fraction of sp³-hybridized carbons (Fsp3) is 0.286. The normalized spacial score (nSPS) is 10.4. The van der Waals surface area contributed by atoms with Crippen LogP contribution in [0.1, 0.15) is 17.0 Å². The van der Waals surface area contributed by atoms with Crippen LogP contribution in [0.4, 0.5) is 5.69 Å². The number of hydrogen-bond donors (Lipinski definition) is 2. The van der Waals surface area contributed by atoms with Crippen LogP contribution in [0.5, 0.6) is 5.75 Å². The fourth-order valence-corrected chi connectivity index (χ4v) is 2.14. The Balaban J connectivity index is 2.14. The minimum atomic E-state index is -0.141. The van der Waals surface area contributed by atoms with Crippen molar-refractivity contribution in [2.75, 3.05) is 12.4 Å². The topological polar surface area (TPSA) is 67.0 Å². The third-order valence-electron chi connectivity index (χ3n) is 3.05. The zero-order valence-corrected chi connectivity index (χ0v) is 12.3. The molecule has 2 aromatic rings. The second-order valence-corrected chi connectivity index (χ2v) is 4.92. The minimum absolute atomic E-state index is 0.141. The van der Waals surface area contributed by atoms with E-state index in [1.807, 2.05) is 13.8 Å². The van der Waals surface area contributed by atoms with Crippen LogP contribution in [0.25, 0.3) is 0 Å². The summed E-state index contributed by atoms with van der Waals surface area (Å²) in [6, 6.07) is 5.08. The van der Waals surface area contributed by atoms with Crippen molar-refractivity contribution in [2.45, 2.75) is 20.3 Å². The van der Waals surface area contributed by atoms with Crippen LogP contribution in [0.15, 0.2) is 18.2 Å². The average molecular weight is 294 g/mol. The van der Waals surface area contributed by atoms with Crippen LogP contribution in [0.3, 0.4) is 0 Å². The summed E-state index contributed by atoms with van der Waals surface area (Å²) in [5.74, 6) is 0.432. The summed E-state index contributed by atoms with van der Waals surface area (Å²) in [5, 5.41) is 10.3. The van der Waals surface area contributed by atoms with Gasteiger partial charge in [-0.15, -0.1) is 0 Å². The summed E-state index contributed by atoms with van der Waals surface area (Å²) < 4.78 is 5.19. The summed E-state index contributed by atoms with van der Waals surface area (Å²) in [4.78, 5) is 12.1. The van der Waals surface area contributed by atoms with E-state index in [1.165, 1.54) is 0 Å². The lowest BCUT2D eigenvalue weighted by molar-refractivity contribution is -0.115. The molecular formula is C14H16ClN3O2. The highest BCUT2D eigenvalue weighted by atomic mass is 35.5. The number of aryl methyl sites for hydroxylation is 2. The zero-order chi connectivity index (χ0) is 14.7. The van der Waals surface area contributed by atoms with Crippen molar-refractivity contribution < 1.29 is 9.53 Å². The van der Waals surface area contributed by atoms with Crippen molar-refractivity contribution in [3.05, 3.63) is 40.2 Å². The van der Waals surface area contributed by atoms with Gasteiger partial charge in [-0.1, -0.05) is 11.6 Å². The Morgan fingerprint density at radius 2 is 2.20 bits per heavy atom. The Labute approximate surface area is 122 Å². The molecule has 0 aliphatic heterocycles. The number of anilines is 1. The molecular weight excluding hydrogens is 278 g/mol. The molecule has 0 bridgehead atoms. The third-order valence-corrected chi connectivity index (χ3v) is 3.29. The zero-order valence-electron chi connectivity index (χ0n) is 11.6. The molecule has 6 heteroatoms. The fourth-order valence-electron chi connectivity index (χ4n) is 1.97. The first kappa shape index (κ1) is 14.4. The van der Waals surface area contributed by atoms with E-state index in [4.69, 9.17) is 16.3 Å². The van der Waals surface area contributed by atoms with E-state index in [1.54, 1.807) is 25.3 Å². The van der Waals surface area contributed by atoms with Crippen LogP contribution < -0.4 is 10.1 Å². The van der Waals surface area contributed by atoms with Crippen molar-refractivity contribution in [1.82, 2.24) is 10.2 Å². The number of nitrogens with zero attached hydrogens (tertiary/aromatic N) is 1. The first-order valence-electron chi connectivity index (χ1n) is 6.15. The van der Waals surface area contributed by atoms with Gasteiger partial charge in [0.05, 0.1) is 24.9 Å². The van der Waals surface area contributed by atoms with Crippen LogP contribution in [0, 0.1) is 13.8 Å². The molecule has 1 heterocycles. The molecule has 1 amide bonds. The number of aromatic amines is 1. The van der Waals surface area contributed by atoms with Gasteiger partial charge in [0.25, 0.3) is 0 Å². The number of carbonyl (C=O) groups is 1. The van der Waals surface area contributed by atoms with Crippen LogP contribution in [-0.2, 0) is 11.2 Å². The number of halogens is 1. The van der Waals surface area contributed by atoms with Gasteiger partial charge in [-0.25, -0.2) is 0 Å². The van der Waals surface area contributed by atoms with Gasteiger partial charge in [0, 0.05) is 16.3 Å². The molecule has 5 nitrogen and oxygen atoms in total. The molecule has 2 rings (SSSR count). The third kappa shape index (κ3) is 3.11. The Kier molecular flexibility index (Phi) is 4.29. The standard InChI is InChI=1S/C14H16ClN3O2/c1-8-11(9(2)18-17-8)7-14(19)16-12-6-10(15)4-5-13(12)20-3/h4-6H,7H2,1-3H3,(H,16,19)(H,17,18). The second-order valence-electron chi connectivity index (χ2n) is 4.48. The second kappa shape index (κ2) is 5.96. The van der Waals surface area contributed by atoms with E-state index in [0.29, 0.717) is 16.5 Å². The summed E-state index contributed by atoms with van der Waals surface area (Å²) >= 11 is 5.93. The van der Waals surface area contributed by atoms with Crippen molar-refractivity contribution >= 4 is 23.2 Å². The highest BCUT2D eigenvalue weighted by Crippen LogP contribution is 2.27. The monoisotopic (exact) mass is 293 g/mol. The predicted octanol–water partition coefficient (Wildman–Crippen LogP) is 2.87. The molecule has 2 N–H and O–H groups in total. The molecule has 0 radical (unpaired) electrons. The van der Waals surface area contributed by atoms with Gasteiger partial charge in [-0.2, -0.15) is 5.10 Å². The Bertz CT molecular complexity index is 618. The number of hydrogen-bond acceptors (Lipinski definition) is 3. The highest BCUT2D eigenvalue weighted by Gasteiger charge is 2.13. The van der Waals surface area contributed by atoms with Crippen molar-refractivity contribution in [3.63, 3.8) is 0 Å². The SMILES string of the molecule is COc1ccc(Cl)cc1NC(=O)Cc1c(C)n[nH]c1C. The maximum atomic E-state index is 12.1. The number of ether oxygens (including phenoxy) is 1. The number of aromatic nitrogens is 2. The van der Waals surface area contributed by atoms with E-state index < -0.39 is 0 Å². The maximum Gasteiger partial charge on any atom is 0.229 e. The number of nitrogens with one attached hydrogen (secondary N) is 2. The summed E-state index contributed by atoms with van der Waals surface area (Å²) in [7, 11) is 1.54. The number of rotatable bonds is 4. The average Bonchev–Trinajstić information content (AvgIpc) is 2.71. The first-order valence-corrected chi connectivity index (χ1v) is 6.53. The maximum absolute atomic E-state index is 12.1. The summed E-state index contributed by atoms with van der Waals surface area (Å²) in [6.45, 7) is 3.76. The minimum Gasteiger partial charge on any atom is -0.495 e. The molecule has 0 aliphatic carbocycles. The summed E-state index contributed by atoms with van der Waals surface area (Å²) in [5.41, 5.74) is 3.19. The quantitative estimate of drug-likeness (QED) is 0.911. The predicted molar refractivity (Wildman–Crippen MR) is 78.4 cm³/mol. The van der Waals surface area contributed by atoms with E-state index in [2.05, 4.69) is 15.5 Å². The molecule has 0 fully saturated rings. The van der Waals surface area contributed by atoms with Gasteiger partial charge in [-0.05, 0) is 32.0 Å². The number of carbonyl (C=O) groups excluding carboxylic acids is 1. The van der Waals surface area contributed by atoms with Gasteiger partial charge in [0.1, 0.15) is 5.75 Å². The lowest BCUT2D eigenvalue weighted by Crippen LogP contribution is -2.15. The number of benzene rings is 1. The molecule has 0 aliphatic rings. The van der Waals surface area contributed by atoms with Crippen LogP contribution >= 0.6 is 11.6 Å². The van der Waals surface area contributed by atoms with E-state index in [0.717, 1.165) is 17.0 Å². The van der Waals surface area contributed by atoms with E-state index >= 15 is 0 Å². The highest BCUT2D eigenvalue weighted by molar-refractivity contribution is 6.31. The lowest BCUT2D eigenvalue weighted by atomic mass is 10.1. The smallest absolute Gasteiger partial charge is 0.229 e. The lowest BCUT2D eigenvalue weighted by Gasteiger charge is -2.10. The molecule has 20 heavy (non-hydrogen) atoms. The number of amides is 1. The Morgan fingerprint density at radius 1 is 1.45 bits per heavy atom. The van der Waals surface area contributed by atoms with E-state index in [9.17, 15) is 4.79 Å². The van der Waals surface area contributed by atoms with Crippen molar-refractivity contribution in [3.8, 4) is 5.75 Å². The van der Waals surface area contributed by atoms with Gasteiger partial charge in [-0.3, -0.25) is 9.89 Å². The van der Waals surface area contributed by atoms with Crippen LogP contribution in [0.2, 0.25) is 5.02 Å². The van der Waals surface area contributed by atoms with Gasteiger partial charge in [0.2, 0.25) is 5.91 Å². The van der Waals surface area contributed by atoms with Gasteiger partial charge >= 0.3 is 0 Å². The van der Waals surface area contributed by atoms with Gasteiger partial charge in [0.15, 0.2) is 0 Å². The first-order chi connectivity index (χ1) is 9.51. The Hall–Kier alpha value is -2.01. The molecule has 1 aromatic heterocycles. The Morgan fingerprint density at radius 3 is 2.80 bits per heavy atom. The van der Waals surface area contributed by atoms with Gasteiger partial charge < -0.3 is 10.1 Å². The molecule has 0 saturated heterocycles. The largest absolute Gasteiger partial charge is 0.495 e. The van der Waals surface area contributed by atoms with Crippen LogP contribution in [-0.4, -0.2) is 23.2 Å². The molecule has 0 unspecified atom stereocenters. The molecule has 0 spiro atoms. The summed E-state index contributed by atoms with van der Waals surface area (Å²) in [6.07, 6.45) is 0.254. The number of methoxy groups -OCH3 is 1. The molecule has 0 saturated carbocycles.